The molecule has 29 heavy (non-hydrogen) atoms. The summed E-state index contributed by atoms with van der Waals surface area (Å²) >= 11 is 1.76. The number of nitrogens with one attached hydrogen (secondary N) is 1. The van der Waals surface area contributed by atoms with Gasteiger partial charge in [-0.2, -0.15) is 24.9 Å². The molecule has 11 heteroatoms. The van der Waals surface area contributed by atoms with Crippen LogP contribution in [0, 0.1) is 0 Å². The number of nitrogens with zero attached hydrogens (tertiary/aromatic N) is 1. The van der Waals surface area contributed by atoms with Crippen molar-refractivity contribution >= 4 is 39.1 Å². The number of rotatable bonds is 5. The Morgan fingerprint density at radius 3 is 2.41 bits per heavy atom. The van der Waals surface area contributed by atoms with Crippen molar-refractivity contribution in [3.8, 4) is 0 Å². The summed E-state index contributed by atoms with van der Waals surface area (Å²) < 4.78 is 65.8. The molecule has 2 aromatic rings. The first-order valence-corrected chi connectivity index (χ1v) is 11.1. The number of benzene rings is 2. The summed E-state index contributed by atoms with van der Waals surface area (Å²) in [4.78, 5) is 13.0. The third kappa shape index (κ3) is 4.96. The molecular weight excluding hydrogens is 429 g/mol. The van der Waals surface area contributed by atoms with Crippen molar-refractivity contribution in [3.05, 3.63) is 53.6 Å². The van der Waals surface area contributed by atoms with Crippen LogP contribution in [0.5, 0.6) is 0 Å². The summed E-state index contributed by atoms with van der Waals surface area (Å²) in [5.74, 6) is 0.477. The van der Waals surface area contributed by atoms with Crippen LogP contribution >= 0.6 is 11.8 Å². The molecule has 0 saturated carbocycles. The Balaban J connectivity index is 1.91. The highest BCUT2D eigenvalue weighted by Crippen LogP contribution is 2.32. The first kappa shape index (κ1) is 21.3. The average Bonchev–Trinajstić information content (AvgIpc) is 2.68. The highest BCUT2D eigenvalue weighted by Gasteiger charge is 2.31. The van der Waals surface area contributed by atoms with E-state index in [-0.39, 0.29) is 11.3 Å². The second kappa shape index (κ2) is 8.15. The number of anilines is 2. The summed E-state index contributed by atoms with van der Waals surface area (Å²) in [5, 5.41) is 9.53. The van der Waals surface area contributed by atoms with Gasteiger partial charge in [0.15, 0.2) is 0 Å². The fourth-order valence-corrected chi connectivity index (χ4v) is 4.90. The van der Waals surface area contributed by atoms with E-state index < -0.39 is 32.6 Å². The molecule has 3 rings (SSSR count). The molecule has 1 saturated heterocycles. The number of sulfonamides is 1. The first-order valence-electron chi connectivity index (χ1n) is 8.48. The molecule has 0 atom stereocenters. The van der Waals surface area contributed by atoms with E-state index in [1.807, 2.05) is 4.90 Å². The predicted octanol–water partition coefficient (Wildman–Crippen LogP) is 3.76. The van der Waals surface area contributed by atoms with Crippen LogP contribution in [0.2, 0.25) is 0 Å². The van der Waals surface area contributed by atoms with Crippen molar-refractivity contribution in [1.29, 1.82) is 0 Å². The van der Waals surface area contributed by atoms with Gasteiger partial charge < -0.3 is 10.0 Å². The predicted molar refractivity (Wildman–Crippen MR) is 105 cm³/mol. The number of thioether (sulfide) groups is 1. The van der Waals surface area contributed by atoms with Gasteiger partial charge in [-0.1, -0.05) is 6.07 Å². The van der Waals surface area contributed by atoms with Crippen LogP contribution in [0.4, 0.5) is 24.5 Å². The van der Waals surface area contributed by atoms with E-state index in [0.717, 1.165) is 29.7 Å². The van der Waals surface area contributed by atoms with Crippen LogP contribution in [-0.2, 0) is 16.2 Å². The zero-order chi connectivity index (χ0) is 21.2. The fraction of sp³-hybridized carbons (Fsp3) is 0.278. The van der Waals surface area contributed by atoms with Gasteiger partial charge in [0.2, 0.25) is 0 Å². The highest BCUT2D eigenvalue weighted by atomic mass is 32.2. The summed E-state index contributed by atoms with van der Waals surface area (Å²) in [5.41, 5.74) is -0.749. The lowest BCUT2D eigenvalue weighted by atomic mass is 10.1. The molecule has 0 spiro atoms. The molecule has 156 valence electrons. The van der Waals surface area contributed by atoms with Gasteiger partial charge in [-0.25, -0.2) is 13.2 Å². The Hall–Kier alpha value is -2.40. The Morgan fingerprint density at radius 2 is 1.79 bits per heavy atom. The van der Waals surface area contributed by atoms with E-state index in [2.05, 4.69) is 4.72 Å². The van der Waals surface area contributed by atoms with Crippen LogP contribution in [-0.4, -0.2) is 44.1 Å². The van der Waals surface area contributed by atoms with Crippen molar-refractivity contribution in [2.24, 2.45) is 0 Å². The van der Waals surface area contributed by atoms with Gasteiger partial charge in [0.1, 0.15) is 0 Å². The molecule has 6 nitrogen and oxygen atoms in total. The number of hydrogen-bond acceptors (Lipinski definition) is 5. The van der Waals surface area contributed by atoms with Gasteiger partial charge in [-0.3, -0.25) is 4.72 Å². The number of alkyl halides is 3. The maximum atomic E-state index is 12.9. The molecule has 2 aromatic carbocycles. The van der Waals surface area contributed by atoms with Gasteiger partial charge in [0, 0.05) is 30.3 Å². The third-order valence-corrected chi connectivity index (χ3v) is 6.62. The molecule has 0 bridgehead atoms. The molecule has 0 aliphatic carbocycles. The zero-order valence-electron chi connectivity index (χ0n) is 14.9. The maximum absolute atomic E-state index is 12.9. The minimum atomic E-state index is -4.68. The lowest BCUT2D eigenvalue weighted by Gasteiger charge is -2.29. The van der Waals surface area contributed by atoms with Crippen LogP contribution in [0.3, 0.4) is 0 Å². The number of hydrogen-bond donors (Lipinski definition) is 2. The van der Waals surface area contributed by atoms with E-state index in [1.165, 1.54) is 18.2 Å². The molecular formula is C18H17F3N2O4S2. The van der Waals surface area contributed by atoms with E-state index in [0.29, 0.717) is 24.8 Å². The normalized spacial score (nSPS) is 15.2. The summed E-state index contributed by atoms with van der Waals surface area (Å²) in [6, 6.07) is 7.41. The number of halogens is 3. The van der Waals surface area contributed by atoms with Crippen molar-refractivity contribution in [1.82, 2.24) is 0 Å². The molecule has 0 radical (unpaired) electrons. The van der Waals surface area contributed by atoms with Gasteiger partial charge in [-0.15, -0.1) is 0 Å². The Kier molecular flexibility index (Phi) is 5.99. The first-order chi connectivity index (χ1) is 13.6. The van der Waals surface area contributed by atoms with E-state index in [1.54, 1.807) is 11.8 Å². The minimum Gasteiger partial charge on any atom is -0.478 e. The summed E-state index contributed by atoms with van der Waals surface area (Å²) in [6.07, 6.45) is -4.68. The number of carboxylic acids is 1. The molecule has 2 N–H and O–H groups in total. The topological polar surface area (TPSA) is 86.7 Å². The Labute approximate surface area is 169 Å². The smallest absolute Gasteiger partial charge is 0.416 e. The van der Waals surface area contributed by atoms with E-state index in [4.69, 9.17) is 0 Å². The van der Waals surface area contributed by atoms with Crippen LogP contribution in [0.15, 0.2) is 47.4 Å². The van der Waals surface area contributed by atoms with E-state index in [9.17, 15) is 31.5 Å². The Morgan fingerprint density at radius 1 is 1.10 bits per heavy atom. The highest BCUT2D eigenvalue weighted by molar-refractivity contribution is 7.99. The monoisotopic (exact) mass is 446 g/mol. The van der Waals surface area contributed by atoms with Crippen molar-refractivity contribution in [2.75, 3.05) is 34.2 Å². The molecule has 1 aliphatic rings. The molecule has 0 amide bonds. The largest absolute Gasteiger partial charge is 0.478 e. The summed E-state index contributed by atoms with van der Waals surface area (Å²) in [6.45, 7) is 1.33. The summed E-state index contributed by atoms with van der Waals surface area (Å²) in [7, 11) is -4.34. The van der Waals surface area contributed by atoms with Crippen LogP contribution in [0.25, 0.3) is 0 Å². The fourth-order valence-electron chi connectivity index (χ4n) is 2.90. The zero-order valence-corrected chi connectivity index (χ0v) is 16.6. The van der Waals surface area contributed by atoms with E-state index >= 15 is 0 Å². The number of carbonyl (C=O) groups is 1. The standard InChI is InChI=1S/C18H17F3N2O4S2/c19-18(20,21)12-2-1-3-14(10-12)29(26,27)22-13-4-5-16(15(11-13)17(24)25)23-6-8-28-9-7-23/h1-5,10-11,22H,6-9H2,(H,24,25). The van der Waals surface area contributed by atoms with Gasteiger partial charge >= 0.3 is 12.1 Å². The number of carboxylic acid groups (broad SMARTS) is 1. The third-order valence-electron chi connectivity index (χ3n) is 4.30. The van der Waals surface area contributed by atoms with Gasteiger partial charge in [-0.05, 0) is 36.4 Å². The lowest BCUT2D eigenvalue weighted by molar-refractivity contribution is -0.137. The van der Waals surface area contributed by atoms with Gasteiger partial charge in [0.05, 0.1) is 21.7 Å². The SMILES string of the molecule is O=C(O)c1cc(NS(=O)(=O)c2cccc(C(F)(F)F)c2)ccc1N1CCSCC1. The average molecular weight is 446 g/mol. The Bertz CT molecular complexity index is 1020. The maximum Gasteiger partial charge on any atom is 0.416 e. The quantitative estimate of drug-likeness (QED) is 0.728. The molecule has 1 heterocycles. The molecule has 1 fully saturated rings. The lowest BCUT2D eigenvalue weighted by Crippen LogP contribution is -2.33. The number of aromatic carboxylic acids is 1. The minimum absolute atomic E-state index is 0.0463. The van der Waals surface area contributed by atoms with Crippen LogP contribution < -0.4 is 9.62 Å². The van der Waals surface area contributed by atoms with Crippen LogP contribution in [0.1, 0.15) is 15.9 Å². The molecule has 0 unspecified atom stereocenters. The molecule has 1 aliphatic heterocycles. The second-order valence-corrected chi connectivity index (χ2v) is 9.17. The molecule has 0 aromatic heterocycles. The van der Waals surface area contributed by atoms with Crippen molar-refractivity contribution < 1.29 is 31.5 Å². The second-order valence-electron chi connectivity index (χ2n) is 6.27. The van der Waals surface area contributed by atoms with Crippen molar-refractivity contribution in [3.63, 3.8) is 0 Å². The van der Waals surface area contributed by atoms with Crippen molar-refractivity contribution in [2.45, 2.75) is 11.1 Å². The van der Waals surface area contributed by atoms with Gasteiger partial charge in [0.25, 0.3) is 10.0 Å².